The van der Waals surface area contributed by atoms with Crippen molar-refractivity contribution in [3.8, 4) is 5.75 Å². The van der Waals surface area contributed by atoms with Crippen molar-refractivity contribution >= 4 is 12.6 Å². The molecule has 116 valence electrons. The second-order valence-electron chi connectivity index (χ2n) is 7.18. The van der Waals surface area contributed by atoms with Crippen molar-refractivity contribution in [3.63, 3.8) is 0 Å². The third-order valence-corrected chi connectivity index (χ3v) is 4.18. The second kappa shape index (κ2) is 5.31. The monoisotopic (exact) mass is 292 g/mol. The first-order valence-corrected chi connectivity index (χ1v) is 7.32. The van der Waals surface area contributed by atoms with Crippen molar-refractivity contribution in [1.82, 2.24) is 0 Å². The van der Waals surface area contributed by atoms with Gasteiger partial charge in [0.1, 0.15) is 11.4 Å². The molecule has 1 saturated heterocycles. The molecule has 0 atom stereocenters. The third kappa shape index (κ3) is 3.42. The lowest BCUT2D eigenvalue weighted by molar-refractivity contribution is 0.00578. The second-order valence-corrected chi connectivity index (χ2v) is 7.18. The maximum Gasteiger partial charge on any atom is 0.494 e. The van der Waals surface area contributed by atoms with E-state index in [1.165, 1.54) is 0 Å². The lowest BCUT2D eigenvalue weighted by Crippen LogP contribution is -2.41. The van der Waals surface area contributed by atoms with Gasteiger partial charge in [0.2, 0.25) is 0 Å². The Labute approximate surface area is 127 Å². The summed E-state index contributed by atoms with van der Waals surface area (Å²) in [5, 5.41) is 9.23. The predicted molar refractivity (Wildman–Crippen MR) is 84.0 cm³/mol. The van der Waals surface area contributed by atoms with Crippen LogP contribution in [0.2, 0.25) is 0 Å². The molecule has 1 fully saturated rings. The molecule has 0 spiro atoms. The highest BCUT2D eigenvalue weighted by Gasteiger charge is 2.51. The van der Waals surface area contributed by atoms with Crippen molar-refractivity contribution in [2.24, 2.45) is 0 Å². The molecule has 1 aromatic carbocycles. The van der Waals surface area contributed by atoms with Crippen molar-refractivity contribution < 1.29 is 19.2 Å². The van der Waals surface area contributed by atoms with E-state index in [0.29, 0.717) is 5.75 Å². The van der Waals surface area contributed by atoms with Crippen LogP contribution in [0.25, 0.3) is 0 Å². The summed E-state index contributed by atoms with van der Waals surface area (Å²) in [7, 11) is -0.366. The standard InChI is InChI=1S/C16H25BO4/c1-14(2,11-18)19-13-9-7-12(8-10-13)17-20-15(3,4)16(5,6)21-17/h7-10,18H,11H2,1-6H3. The molecule has 4 nitrogen and oxygen atoms in total. The van der Waals surface area contributed by atoms with Crippen LogP contribution < -0.4 is 10.2 Å². The van der Waals surface area contributed by atoms with E-state index in [-0.39, 0.29) is 24.9 Å². The summed E-state index contributed by atoms with van der Waals surface area (Å²) in [6.07, 6.45) is 0. The van der Waals surface area contributed by atoms with Gasteiger partial charge in [-0.15, -0.1) is 0 Å². The largest absolute Gasteiger partial charge is 0.494 e. The molecule has 0 bridgehead atoms. The Morgan fingerprint density at radius 3 is 1.95 bits per heavy atom. The van der Waals surface area contributed by atoms with Gasteiger partial charge in [-0.3, -0.25) is 0 Å². The molecule has 0 aromatic heterocycles. The zero-order chi connectivity index (χ0) is 15.9. The van der Waals surface area contributed by atoms with Crippen molar-refractivity contribution in [2.45, 2.75) is 58.3 Å². The first-order chi connectivity index (χ1) is 9.56. The maximum atomic E-state index is 9.23. The number of hydrogen-bond acceptors (Lipinski definition) is 4. The number of ether oxygens (including phenoxy) is 1. The molecule has 21 heavy (non-hydrogen) atoms. The third-order valence-electron chi connectivity index (χ3n) is 4.18. The molecular formula is C16H25BO4. The average molecular weight is 292 g/mol. The Morgan fingerprint density at radius 1 is 1.05 bits per heavy atom. The minimum Gasteiger partial charge on any atom is -0.485 e. The molecule has 2 rings (SSSR count). The van der Waals surface area contributed by atoms with E-state index in [1.807, 2.05) is 65.8 Å². The topological polar surface area (TPSA) is 47.9 Å². The number of aliphatic hydroxyl groups is 1. The molecule has 0 amide bonds. The van der Waals surface area contributed by atoms with Crippen LogP contribution in [0.4, 0.5) is 0 Å². The molecular weight excluding hydrogens is 267 g/mol. The van der Waals surface area contributed by atoms with Gasteiger partial charge in [0, 0.05) is 0 Å². The Bertz CT molecular complexity index is 478. The molecule has 1 aliphatic heterocycles. The molecule has 0 unspecified atom stereocenters. The Kier molecular flexibility index (Phi) is 4.13. The summed E-state index contributed by atoms with van der Waals surface area (Å²) in [6, 6.07) is 7.62. The average Bonchev–Trinajstić information content (AvgIpc) is 2.59. The Balaban J connectivity index is 2.11. The fraction of sp³-hybridized carbons (Fsp3) is 0.625. The van der Waals surface area contributed by atoms with Crippen LogP contribution in [0.3, 0.4) is 0 Å². The molecule has 0 aliphatic carbocycles. The highest BCUT2D eigenvalue weighted by Crippen LogP contribution is 2.36. The highest BCUT2D eigenvalue weighted by atomic mass is 16.7. The molecule has 1 aliphatic rings. The molecule has 1 N–H and O–H groups in total. The van der Waals surface area contributed by atoms with Crippen LogP contribution in [-0.2, 0) is 9.31 Å². The first-order valence-electron chi connectivity index (χ1n) is 7.32. The molecule has 0 saturated carbocycles. The first kappa shape index (κ1) is 16.3. The van der Waals surface area contributed by atoms with Crippen LogP contribution in [-0.4, -0.2) is 35.6 Å². The fourth-order valence-corrected chi connectivity index (χ4v) is 2.02. The lowest BCUT2D eigenvalue weighted by atomic mass is 9.79. The highest BCUT2D eigenvalue weighted by molar-refractivity contribution is 6.62. The van der Waals surface area contributed by atoms with Crippen LogP contribution in [0.1, 0.15) is 41.5 Å². The van der Waals surface area contributed by atoms with Gasteiger partial charge in [-0.1, -0.05) is 12.1 Å². The number of hydrogen-bond donors (Lipinski definition) is 1. The van der Waals surface area contributed by atoms with Gasteiger partial charge < -0.3 is 19.2 Å². The van der Waals surface area contributed by atoms with Gasteiger partial charge in [0.25, 0.3) is 0 Å². The molecule has 0 radical (unpaired) electrons. The summed E-state index contributed by atoms with van der Waals surface area (Å²) in [4.78, 5) is 0. The summed E-state index contributed by atoms with van der Waals surface area (Å²) in [6.45, 7) is 11.8. The smallest absolute Gasteiger partial charge is 0.485 e. The zero-order valence-electron chi connectivity index (χ0n) is 13.8. The van der Waals surface area contributed by atoms with E-state index in [0.717, 1.165) is 5.46 Å². The SMILES string of the molecule is CC(C)(CO)Oc1ccc(B2OC(C)(C)C(C)(C)O2)cc1. The minimum atomic E-state index is -0.591. The zero-order valence-corrected chi connectivity index (χ0v) is 13.8. The van der Waals surface area contributed by atoms with E-state index in [2.05, 4.69) is 0 Å². The van der Waals surface area contributed by atoms with Crippen molar-refractivity contribution in [3.05, 3.63) is 24.3 Å². The van der Waals surface area contributed by atoms with Crippen LogP contribution in [0.15, 0.2) is 24.3 Å². The Morgan fingerprint density at radius 2 is 1.52 bits per heavy atom. The Hall–Kier alpha value is -1.04. The minimum absolute atomic E-state index is 0.0357. The number of benzene rings is 1. The van der Waals surface area contributed by atoms with Gasteiger partial charge in [-0.25, -0.2) is 0 Å². The van der Waals surface area contributed by atoms with Crippen molar-refractivity contribution in [1.29, 1.82) is 0 Å². The molecule has 1 aromatic rings. The van der Waals surface area contributed by atoms with Gasteiger partial charge in [0.15, 0.2) is 0 Å². The van der Waals surface area contributed by atoms with Gasteiger partial charge in [-0.05, 0) is 59.1 Å². The quantitative estimate of drug-likeness (QED) is 0.864. The number of aliphatic hydroxyl groups excluding tert-OH is 1. The molecule has 1 heterocycles. The van der Waals surface area contributed by atoms with E-state index in [4.69, 9.17) is 14.0 Å². The van der Waals surface area contributed by atoms with E-state index < -0.39 is 5.60 Å². The maximum absolute atomic E-state index is 9.23. The van der Waals surface area contributed by atoms with Crippen molar-refractivity contribution in [2.75, 3.05) is 6.61 Å². The lowest BCUT2D eigenvalue weighted by Gasteiger charge is -2.32. The summed E-state index contributed by atoms with van der Waals surface area (Å²) in [5.41, 5.74) is -0.314. The van der Waals surface area contributed by atoms with Crippen LogP contribution >= 0.6 is 0 Å². The van der Waals surface area contributed by atoms with Gasteiger partial charge in [-0.2, -0.15) is 0 Å². The van der Waals surface area contributed by atoms with Crippen LogP contribution in [0, 0.1) is 0 Å². The predicted octanol–water partition coefficient (Wildman–Crippen LogP) is 2.14. The van der Waals surface area contributed by atoms with Gasteiger partial charge in [0.05, 0.1) is 17.8 Å². The van der Waals surface area contributed by atoms with E-state index in [1.54, 1.807) is 0 Å². The molecule has 5 heteroatoms. The number of rotatable bonds is 4. The van der Waals surface area contributed by atoms with E-state index >= 15 is 0 Å². The van der Waals surface area contributed by atoms with Crippen LogP contribution in [0.5, 0.6) is 5.75 Å². The normalized spacial score (nSPS) is 20.6. The van der Waals surface area contributed by atoms with E-state index in [9.17, 15) is 5.11 Å². The van der Waals surface area contributed by atoms with Gasteiger partial charge >= 0.3 is 7.12 Å². The summed E-state index contributed by atoms with van der Waals surface area (Å²) < 4.78 is 17.7. The fourth-order valence-electron chi connectivity index (χ4n) is 2.02. The summed E-state index contributed by atoms with van der Waals surface area (Å²) >= 11 is 0. The summed E-state index contributed by atoms with van der Waals surface area (Å²) in [5.74, 6) is 0.717.